The van der Waals surface area contributed by atoms with E-state index in [4.69, 9.17) is 4.74 Å². The molecule has 23 heavy (non-hydrogen) atoms. The summed E-state index contributed by atoms with van der Waals surface area (Å²) in [5.74, 6) is 0. The number of likely N-dealkylation sites (tertiary alicyclic amines) is 1. The Bertz CT molecular complexity index is 521. The van der Waals surface area contributed by atoms with E-state index >= 15 is 0 Å². The van der Waals surface area contributed by atoms with E-state index in [1.807, 2.05) is 37.0 Å². The molecule has 1 N–H and O–H groups in total. The van der Waals surface area contributed by atoms with Crippen molar-refractivity contribution in [1.29, 1.82) is 0 Å². The molecule has 1 aromatic heterocycles. The summed E-state index contributed by atoms with van der Waals surface area (Å²) in [4.78, 5) is 17.0. The molecule has 0 saturated carbocycles. The topological polar surface area (TPSA) is 41.6 Å². The van der Waals surface area contributed by atoms with E-state index in [1.54, 1.807) is 0 Å². The van der Waals surface area contributed by atoms with Gasteiger partial charge in [-0.3, -0.25) is 0 Å². The second-order valence-corrected chi connectivity index (χ2v) is 8.52. The van der Waals surface area contributed by atoms with Crippen LogP contribution >= 0.6 is 11.3 Å². The predicted octanol–water partition coefficient (Wildman–Crippen LogP) is 4.19. The van der Waals surface area contributed by atoms with E-state index in [2.05, 4.69) is 31.3 Å². The molecule has 130 valence electrons. The maximum Gasteiger partial charge on any atom is 0.410 e. The van der Waals surface area contributed by atoms with Crippen LogP contribution in [-0.4, -0.2) is 35.2 Å². The Hall–Kier alpha value is -1.07. The summed E-state index contributed by atoms with van der Waals surface area (Å²) in [5, 5.41) is 3.63. The number of ether oxygens (including phenoxy) is 1. The van der Waals surface area contributed by atoms with E-state index in [1.165, 1.54) is 9.75 Å². The van der Waals surface area contributed by atoms with Gasteiger partial charge in [0, 0.05) is 34.9 Å². The van der Waals surface area contributed by atoms with Gasteiger partial charge in [0.25, 0.3) is 0 Å². The smallest absolute Gasteiger partial charge is 0.410 e. The van der Waals surface area contributed by atoms with Gasteiger partial charge in [-0.15, -0.1) is 11.3 Å². The largest absolute Gasteiger partial charge is 0.444 e. The highest BCUT2D eigenvalue weighted by Crippen LogP contribution is 2.22. The molecule has 1 fully saturated rings. The van der Waals surface area contributed by atoms with Gasteiger partial charge in [0.05, 0.1) is 0 Å². The average molecular weight is 339 g/mol. The second kappa shape index (κ2) is 7.67. The third-order valence-electron chi connectivity index (χ3n) is 4.22. The van der Waals surface area contributed by atoms with Crippen molar-refractivity contribution < 1.29 is 9.53 Å². The van der Waals surface area contributed by atoms with Crippen LogP contribution in [0.15, 0.2) is 12.1 Å². The fourth-order valence-corrected chi connectivity index (χ4v) is 3.84. The first-order valence-electron chi connectivity index (χ1n) is 8.60. The SMILES string of the molecule is CCc1ccc(CNC2CCCN(C(=O)OC(C)(C)C)C2C)s1. The zero-order valence-electron chi connectivity index (χ0n) is 15.0. The third-order valence-corrected chi connectivity index (χ3v) is 5.45. The number of aryl methyl sites for hydroxylation is 1. The molecule has 0 radical (unpaired) electrons. The monoisotopic (exact) mass is 338 g/mol. The van der Waals surface area contributed by atoms with Crippen molar-refractivity contribution in [3.8, 4) is 0 Å². The highest BCUT2D eigenvalue weighted by atomic mass is 32.1. The van der Waals surface area contributed by atoms with E-state index in [9.17, 15) is 4.79 Å². The molecule has 1 aromatic rings. The molecule has 2 rings (SSSR count). The molecular formula is C18H30N2O2S. The Balaban J connectivity index is 1.91. The fourth-order valence-electron chi connectivity index (χ4n) is 2.93. The van der Waals surface area contributed by atoms with Crippen molar-refractivity contribution in [2.45, 2.75) is 78.1 Å². The third kappa shape index (κ3) is 5.21. The molecule has 0 aromatic carbocycles. The molecule has 5 heteroatoms. The quantitative estimate of drug-likeness (QED) is 0.895. The number of carbonyl (C=O) groups is 1. The molecule has 0 aliphatic carbocycles. The number of rotatable bonds is 4. The molecule has 2 atom stereocenters. The number of nitrogens with one attached hydrogen (secondary N) is 1. The van der Waals surface area contributed by atoms with E-state index in [0.717, 1.165) is 32.4 Å². The molecule has 2 unspecified atom stereocenters. The molecule has 4 nitrogen and oxygen atoms in total. The van der Waals surface area contributed by atoms with Crippen molar-refractivity contribution >= 4 is 17.4 Å². The van der Waals surface area contributed by atoms with Gasteiger partial charge in [-0.05, 0) is 59.1 Å². The first kappa shape index (κ1) is 18.3. The highest BCUT2D eigenvalue weighted by Gasteiger charge is 2.33. The van der Waals surface area contributed by atoms with Crippen LogP contribution in [0.5, 0.6) is 0 Å². The van der Waals surface area contributed by atoms with Crippen LogP contribution in [0, 0.1) is 0 Å². The molecule has 1 saturated heterocycles. The van der Waals surface area contributed by atoms with Gasteiger partial charge >= 0.3 is 6.09 Å². The van der Waals surface area contributed by atoms with E-state index in [-0.39, 0.29) is 12.1 Å². The molecule has 1 aliphatic heterocycles. The minimum atomic E-state index is -0.440. The number of piperidine rings is 1. The normalized spacial score (nSPS) is 22.2. The number of amides is 1. The molecule has 0 bridgehead atoms. The Labute approximate surface area is 144 Å². The summed E-state index contributed by atoms with van der Waals surface area (Å²) in [6.45, 7) is 11.7. The molecule has 1 aliphatic rings. The number of nitrogens with zero attached hydrogens (tertiary/aromatic N) is 1. The Kier molecular flexibility index (Phi) is 6.09. The van der Waals surface area contributed by atoms with Gasteiger partial charge in [-0.2, -0.15) is 0 Å². The van der Waals surface area contributed by atoms with E-state index < -0.39 is 5.60 Å². The minimum Gasteiger partial charge on any atom is -0.444 e. The van der Waals surface area contributed by atoms with Crippen molar-refractivity contribution in [3.05, 3.63) is 21.9 Å². The standard InChI is InChI=1S/C18H30N2O2S/c1-6-14-9-10-15(23-14)12-19-16-8-7-11-20(13(16)2)17(21)22-18(3,4)5/h9-10,13,16,19H,6-8,11-12H2,1-5H3. The van der Waals surface area contributed by atoms with Crippen molar-refractivity contribution in [2.24, 2.45) is 0 Å². The van der Waals surface area contributed by atoms with Crippen LogP contribution < -0.4 is 5.32 Å². The van der Waals surface area contributed by atoms with Crippen molar-refractivity contribution in [1.82, 2.24) is 10.2 Å². The van der Waals surface area contributed by atoms with Crippen LogP contribution in [0.1, 0.15) is 57.2 Å². The van der Waals surface area contributed by atoms with Crippen LogP contribution in [-0.2, 0) is 17.7 Å². The summed E-state index contributed by atoms with van der Waals surface area (Å²) in [7, 11) is 0. The van der Waals surface area contributed by atoms with Crippen LogP contribution in [0.3, 0.4) is 0 Å². The Morgan fingerprint density at radius 3 is 2.70 bits per heavy atom. The lowest BCUT2D eigenvalue weighted by Crippen LogP contribution is -2.55. The maximum absolute atomic E-state index is 12.4. The van der Waals surface area contributed by atoms with Crippen LogP contribution in [0.4, 0.5) is 4.79 Å². The summed E-state index contributed by atoms with van der Waals surface area (Å²) >= 11 is 1.87. The summed E-state index contributed by atoms with van der Waals surface area (Å²) in [6, 6.07) is 4.89. The van der Waals surface area contributed by atoms with Gasteiger partial charge in [0.1, 0.15) is 5.60 Å². The van der Waals surface area contributed by atoms with Gasteiger partial charge < -0.3 is 15.0 Å². The number of hydrogen-bond donors (Lipinski definition) is 1. The molecule has 1 amide bonds. The fraction of sp³-hybridized carbons (Fsp3) is 0.722. The first-order chi connectivity index (χ1) is 10.8. The van der Waals surface area contributed by atoms with Gasteiger partial charge in [-0.1, -0.05) is 6.92 Å². The number of carbonyl (C=O) groups excluding carboxylic acids is 1. The molecule has 0 spiro atoms. The summed E-state index contributed by atoms with van der Waals surface area (Å²) in [5.41, 5.74) is -0.440. The predicted molar refractivity (Wildman–Crippen MR) is 96.0 cm³/mol. The minimum absolute atomic E-state index is 0.157. The number of thiophene rings is 1. The Morgan fingerprint density at radius 2 is 2.09 bits per heavy atom. The first-order valence-corrected chi connectivity index (χ1v) is 9.42. The lowest BCUT2D eigenvalue weighted by atomic mass is 9.98. The molecular weight excluding hydrogens is 308 g/mol. The zero-order chi connectivity index (χ0) is 17.0. The maximum atomic E-state index is 12.4. The second-order valence-electron chi connectivity index (χ2n) is 7.27. The average Bonchev–Trinajstić information content (AvgIpc) is 2.92. The van der Waals surface area contributed by atoms with E-state index in [0.29, 0.717) is 6.04 Å². The summed E-state index contributed by atoms with van der Waals surface area (Å²) < 4.78 is 5.54. The Morgan fingerprint density at radius 1 is 1.39 bits per heavy atom. The number of hydrogen-bond acceptors (Lipinski definition) is 4. The lowest BCUT2D eigenvalue weighted by molar-refractivity contribution is 0.00700. The van der Waals surface area contributed by atoms with Crippen molar-refractivity contribution in [3.63, 3.8) is 0 Å². The molecule has 2 heterocycles. The zero-order valence-corrected chi connectivity index (χ0v) is 15.8. The highest BCUT2D eigenvalue weighted by molar-refractivity contribution is 7.11. The van der Waals surface area contributed by atoms with Gasteiger partial charge in [-0.25, -0.2) is 4.79 Å². The summed E-state index contributed by atoms with van der Waals surface area (Å²) in [6.07, 6.45) is 3.02. The van der Waals surface area contributed by atoms with Crippen molar-refractivity contribution in [2.75, 3.05) is 6.54 Å². The van der Waals surface area contributed by atoms with Crippen LogP contribution in [0.2, 0.25) is 0 Å². The van der Waals surface area contributed by atoms with Gasteiger partial charge in [0.2, 0.25) is 0 Å². The lowest BCUT2D eigenvalue weighted by Gasteiger charge is -2.40. The van der Waals surface area contributed by atoms with Gasteiger partial charge in [0.15, 0.2) is 0 Å². The van der Waals surface area contributed by atoms with Crippen LogP contribution in [0.25, 0.3) is 0 Å².